The maximum absolute atomic E-state index is 12.7. The van der Waals surface area contributed by atoms with Crippen molar-refractivity contribution in [1.29, 1.82) is 0 Å². The van der Waals surface area contributed by atoms with Crippen molar-refractivity contribution in [2.75, 3.05) is 20.3 Å². The molecule has 4 rings (SSSR count). The van der Waals surface area contributed by atoms with Crippen LogP contribution in [0, 0.1) is 0 Å². The molecule has 3 aromatic rings. The van der Waals surface area contributed by atoms with Crippen molar-refractivity contribution >= 4 is 28.0 Å². The molecule has 0 spiro atoms. The van der Waals surface area contributed by atoms with Gasteiger partial charge in [-0.3, -0.25) is 9.59 Å². The van der Waals surface area contributed by atoms with E-state index >= 15 is 0 Å². The molecule has 6 nitrogen and oxygen atoms in total. The van der Waals surface area contributed by atoms with Crippen molar-refractivity contribution in [3.05, 3.63) is 83.9 Å². The third kappa shape index (κ3) is 4.23. The molecule has 0 saturated heterocycles. The zero-order valence-electron chi connectivity index (χ0n) is 16.5. The van der Waals surface area contributed by atoms with Crippen LogP contribution in [0.2, 0.25) is 0 Å². The average molecular weight is 403 g/mol. The van der Waals surface area contributed by atoms with Gasteiger partial charge in [0.2, 0.25) is 5.78 Å². The number of carbonyl (C=O) groups is 2. The van der Waals surface area contributed by atoms with Crippen LogP contribution >= 0.6 is 0 Å². The molecule has 0 aliphatic carbocycles. The standard InChI is InChI=1S/C24H21NO5/c1-28-18(13-21(26)20-12-11-16-7-5-6-10-19(16)25-20)14-29-24-23(22(27)15-30-24)17-8-3-2-4-9-17/h2-12,18H,13-15H2,1H3. The number of hydrogen-bond acceptors (Lipinski definition) is 6. The number of aromatic nitrogens is 1. The number of methoxy groups -OCH3 is 1. The highest BCUT2D eigenvalue weighted by Crippen LogP contribution is 2.27. The molecule has 0 fully saturated rings. The number of rotatable bonds is 8. The van der Waals surface area contributed by atoms with Crippen LogP contribution in [0.15, 0.2) is 72.7 Å². The van der Waals surface area contributed by atoms with E-state index in [0.29, 0.717) is 11.3 Å². The maximum Gasteiger partial charge on any atom is 0.291 e. The van der Waals surface area contributed by atoms with Gasteiger partial charge in [-0.1, -0.05) is 54.6 Å². The molecule has 1 atom stereocenters. The number of hydrogen-bond donors (Lipinski definition) is 0. The van der Waals surface area contributed by atoms with Gasteiger partial charge in [0.1, 0.15) is 17.9 Å². The Bertz CT molecular complexity index is 1110. The second kappa shape index (κ2) is 8.88. The summed E-state index contributed by atoms with van der Waals surface area (Å²) in [6.07, 6.45) is -0.404. The first-order valence-corrected chi connectivity index (χ1v) is 9.66. The Morgan fingerprint density at radius 1 is 1.07 bits per heavy atom. The summed E-state index contributed by atoms with van der Waals surface area (Å²) in [6.45, 7) is 0.0198. The summed E-state index contributed by atoms with van der Waals surface area (Å²) in [7, 11) is 1.52. The number of ketones is 2. The zero-order valence-corrected chi connectivity index (χ0v) is 16.5. The van der Waals surface area contributed by atoms with Crippen LogP contribution in [0.3, 0.4) is 0 Å². The van der Waals surface area contributed by atoms with Gasteiger partial charge in [0.25, 0.3) is 5.95 Å². The molecule has 0 N–H and O–H groups in total. The lowest BCUT2D eigenvalue weighted by Crippen LogP contribution is -2.23. The predicted octanol–water partition coefficient (Wildman–Crippen LogP) is 3.81. The summed E-state index contributed by atoms with van der Waals surface area (Å²) in [5, 5.41) is 0.976. The number of Topliss-reactive ketones (excluding diaryl/α,β-unsaturated/α-hetero) is 2. The average Bonchev–Trinajstić information content (AvgIpc) is 3.16. The van der Waals surface area contributed by atoms with Crippen molar-refractivity contribution in [3.8, 4) is 0 Å². The van der Waals surface area contributed by atoms with Gasteiger partial charge in [0.15, 0.2) is 12.4 Å². The number of fused-ring (bicyclic) bond motifs is 1. The molecule has 0 bridgehead atoms. The van der Waals surface area contributed by atoms with Crippen LogP contribution < -0.4 is 0 Å². The topological polar surface area (TPSA) is 74.7 Å². The predicted molar refractivity (Wildman–Crippen MR) is 112 cm³/mol. The van der Waals surface area contributed by atoms with Gasteiger partial charge in [0, 0.05) is 18.9 Å². The summed E-state index contributed by atoms with van der Waals surface area (Å²) in [4.78, 5) is 29.3. The Hall–Kier alpha value is -3.51. The van der Waals surface area contributed by atoms with Gasteiger partial charge in [-0.25, -0.2) is 4.98 Å². The fraction of sp³-hybridized carbons (Fsp3) is 0.208. The minimum Gasteiger partial charge on any atom is -0.462 e. The maximum atomic E-state index is 12.7. The van der Waals surface area contributed by atoms with E-state index in [-0.39, 0.29) is 37.1 Å². The highest BCUT2D eigenvalue weighted by atomic mass is 16.7. The van der Waals surface area contributed by atoms with Crippen LogP contribution in [0.5, 0.6) is 0 Å². The normalized spacial score (nSPS) is 14.6. The molecular formula is C24H21NO5. The van der Waals surface area contributed by atoms with E-state index in [4.69, 9.17) is 14.2 Å². The minimum absolute atomic E-state index is 0.0584. The molecule has 0 radical (unpaired) electrons. The molecule has 2 heterocycles. The van der Waals surface area contributed by atoms with E-state index in [1.54, 1.807) is 6.07 Å². The number of pyridine rings is 1. The van der Waals surface area contributed by atoms with Crippen LogP contribution in [0.4, 0.5) is 0 Å². The zero-order chi connectivity index (χ0) is 20.9. The molecular weight excluding hydrogens is 382 g/mol. The SMILES string of the molecule is COC(COC1=C(c2ccccc2)C(=O)CO1)CC(=O)c1ccc2ccccc2n1. The second-order valence-electron chi connectivity index (χ2n) is 6.93. The number of ether oxygens (including phenoxy) is 3. The Balaban J connectivity index is 1.44. The minimum atomic E-state index is -0.505. The number of benzene rings is 2. The van der Waals surface area contributed by atoms with E-state index in [9.17, 15) is 9.59 Å². The van der Waals surface area contributed by atoms with Crippen molar-refractivity contribution in [1.82, 2.24) is 4.98 Å². The molecule has 0 saturated carbocycles. The number of nitrogens with zero attached hydrogens (tertiary/aromatic N) is 1. The van der Waals surface area contributed by atoms with E-state index in [1.807, 2.05) is 60.7 Å². The highest BCUT2D eigenvalue weighted by Gasteiger charge is 2.29. The molecule has 1 aliphatic rings. The van der Waals surface area contributed by atoms with E-state index in [0.717, 1.165) is 16.5 Å². The lowest BCUT2D eigenvalue weighted by molar-refractivity contribution is -0.115. The van der Waals surface area contributed by atoms with Crippen LogP contribution in [0.1, 0.15) is 22.5 Å². The Labute approximate surface area is 174 Å². The molecule has 30 heavy (non-hydrogen) atoms. The van der Waals surface area contributed by atoms with E-state index in [2.05, 4.69) is 4.98 Å². The number of carbonyl (C=O) groups excluding carboxylic acids is 2. The van der Waals surface area contributed by atoms with Gasteiger partial charge in [-0.15, -0.1) is 0 Å². The van der Waals surface area contributed by atoms with Gasteiger partial charge < -0.3 is 14.2 Å². The second-order valence-corrected chi connectivity index (χ2v) is 6.93. The lowest BCUT2D eigenvalue weighted by Gasteiger charge is -2.16. The van der Waals surface area contributed by atoms with Crippen molar-refractivity contribution in [2.45, 2.75) is 12.5 Å². The number of para-hydroxylation sites is 1. The van der Waals surface area contributed by atoms with Crippen molar-refractivity contribution in [3.63, 3.8) is 0 Å². The van der Waals surface area contributed by atoms with E-state index < -0.39 is 6.10 Å². The van der Waals surface area contributed by atoms with Crippen LogP contribution in [-0.4, -0.2) is 43.0 Å². The van der Waals surface area contributed by atoms with Gasteiger partial charge in [0.05, 0.1) is 11.6 Å². The largest absolute Gasteiger partial charge is 0.462 e. The van der Waals surface area contributed by atoms with Crippen molar-refractivity contribution < 1.29 is 23.8 Å². The first kappa shape index (κ1) is 19.8. The molecule has 152 valence electrons. The first-order chi connectivity index (χ1) is 14.7. The van der Waals surface area contributed by atoms with Crippen LogP contribution in [0.25, 0.3) is 16.5 Å². The quantitative estimate of drug-likeness (QED) is 0.533. The first-order valence-electron chi connectivity index (χ1n) is 9.66. The van der Waals surface area contributed by atoms with Gasteiger partial charge >= 0.3 is 0 Å². The summed E-state index contributed by atoms with van der Waals surface area (Å²) >= 11 is 0. The summed E-state index contributed by atoms with van der Waals surface area (Å²) in [5.41, 5.74) is 2.30. The third-order valence-corrected chi connectivity index (χ3v) is 4.91. The smallest absolute Gasteiger partial charge is 0.291 e. The summed E-state index contributed by atoms with van der Waals surface area (Å²) < 4.78 is 16.6. The molecule has 6 heteroatoms. The van der Waals surface area contributed by atoms with E-state index in [1.165, 1.54) is 7.11 Å². The van der Waals surface area contributed by atoms with Crippen LogP contribution in [-0.2, 0) is 19.0 Å². The molecule has 1 aromatic heterocycles. The monoisotopic (exact) mass is 403 g/mol. The summed E-state index contributed by atoms with van der Waals surface area (Å²) in [6, 6.07) is 20.4. The Kier molecular flexibility index (Phi) is 5.86. The van der Waals surface area contributed by atoms with Gasteiger partial charge in [-0.05, 0) is 17.7 Å². The fourth-order valence-electron chi connectivity index (χ4n) is 3.30. The fourth-order valence-corrected chi connectivity index (χ4v) is 3.30. The molecule has 2 aromatic carbocycles. The highest BCUT2D eigenvalue weighted by molar-refractivity contribution is 6.23. The molecule has 1 aliphatic heterocycles. The summed E-state index contributed by atoms with van der Waals surface area (Å²) in [5.74, 6) is -0.108. The molecule has 1 unspecified atom stereocenters. The van der Waals surface area contributed by atoms with Crippen molar-refractivity contribution in [2.24, 2.45) is 0 Å². The third-order valence-electron chi connectivity index (χ3n) is 4.91. The Morgan fingerprint density at radius 2 is 1.83 bits per heavy atom. The van der Waals surface area contributed by atoms with Gasteiger partial charge in [-0.2, -0.15) is 0 Å². The lowest BCUT2D eigenvalue weighted by atomic mass is 10.0. The Morgan fingerprint density at radius 3 is 2.63 bits per heavy atom. The molecule has 0 amide bonds.